The molecule has 3 unspecified atom stereocenters. The van der Waals surface area contributed by atoms with E-state index in [0.29, 0.717) is 31.2 Å². The predicted molar refractivity (Wildman–Crippen MR) is 121 cm³/mol. The Kier molecular flexibility index (Phi) is 11.5. The van der Waals surface area contributed by atoms with Crippen LogP contribution in [0.2, 0.25) is 0 Å². The maximum Gasteiger partial charge on any atom is 0.193 e. The monoisotopic (exact) mass is 497 g/mol. The Morgan fingerprint density at radius 3 is 2.70 bits per heavy atom. The molecule has 27 heavy (non-hydrogen) atoms. The smallest absolute Gasteiger partial charge is 0.193 e. The fraction of sp³-hybridized carbons (Fsp3) is 0.950. The second kappa shape index (κ2) is 12.4. The van der Waals surface area contributed by atoms with Crippen LogP contribution in [-0.2, 0) is 14.2 Å². The van der Waals surface area contributed by atoms with Gasteiger partial charge in [0.05, 0.1) is 25.9 Å². The van der Waals surface area contributed by atoms with Gasteiger partial charge in [0.25, 0.3) is 0 Å². The molecular formula is C20H40IN3O3. The molecule has 1 N–H and O–H groups in total. The third-order valence-corrected chi connectivity index (χ3v) is 5.40. The van der Waals surface area contributed by atoms with Crippen LogP contribution >= 0.6 is 24.0 Å². The van der Waals surface area contributed by atoms with Gasteiger partial charge in [-0.2, -0.15) is 0 Å². The Morgan fingerprint density at radius 1 is 1.26 bits per heavy atom. The third-order valence-electron chi connectivity index (χ3n) is 5.40. The largest absolute Gasteiger partial charge is 0.382 e. The van der Waals surface area contributed by atoms with Crippen molar-refractivity contribution in [1.82, 2.24) is 10.2 Å². The molecule has 0 aromatic heterocycles. The van der Waals surface area contributed by atoms with Crippen molar-refractivity contribution >= 4 is 29.9 Å². The zero-order chi connectivity index (χ0) is 19.0. The summed E-state index contributed by atoms with van der Waals surface area (Å²) in [6, 6.07) is 0. The topological polar surface area (TPSA) is 55.3 Å². The SMILES string of the molecule is CN=C(NCC1CCCOC1C(C)(C)C)N1CCC(COCCOC)C1.I. The Labute approximate surface area is 182 Å². The summed E-state index contributed by atoms with van der Waals surface area (Å²) in [5.41, 5.74) is 0.175. The summed E-state index contributed by atoms with van der Waals surface area (Å²) in [6.45, 7) is 12.9. The van der Waals surface area contributed by atoms with Crippen LogP contribution in [0.25, 0.3) is 0 Å². The first-order valence-electron chi connectivity index (χ1n) is 10.1. The Balaban J connectivity index is 0.00000364. The number of ether oxygens (including phenoxy) is 3. The quantitative estimate of drug-likeness (QED) is 0.254. The van der Waals surface area contributed by atoms with Crippen LogP contribution in [0.15, 0.2) is 4.99 Å². The molecule has 160 valence electrons. The molecule has 6 nitrogen and oxygen atoms in total. The standard InChI is InChI=1S/C20H39N3O3.HI/c1-20(2,3)18-17(7-6-10-26-18)13-22-19(21-4)23-9-8-16(14-23)15-25-12-11-24-5;/h16-18H,6-15H2,1-5H3,(H,21,22);1H. The summed E-state index contributed by atoms with van der Waals surface area (Å²) in [7, 11) is 3.58. The number of nitrogens with zero attached hydrogens (tertiary/aromatic N) is 2. The van der Waals surface area contributed by atoms with Gasteiger partial charge in [0, 0.05) is 52.2 Å². The van der Waals surface area contributed by atoms with Crippen molar-refractivity contribution in [2.45, 2.75) is 46.1 Å². The number of guanidine groups is 1. The molecule has 0 aliphatic carbocycles. The molecule has 2 heterocycles. The molecule has 0 aromatic rings. The lowest BCUT2D eigenvalue weighted by molar-refractivity contribution is -0.0836. The van der Waals surface area contributed by atoms with E-state index in [4.69, 9.17) is 14.2 Å². The molecule has 3 atom stereocenters. The highest BCUT2D eigenvalue weighted by Crippen LogP contribution is 2.33. The van der Waals surface area contributed by atoms with Gasteiger partial charge in [0.1, 0.15) is 0 Å². The molecule has 2 fully saturated rings. The molecule has 2 rings (SSSR count). The van der Waals surface area contributed by atoms with Crippen molar-refractivity contribution in [2.75, 3.05) is 60.2 Å². The molecule has 2 saturated heterocycles. The molecule has 0 aromatic carbocycles. The zero-order valence-electron chi connectivity index (χ0n) is 17.8. The molecule has 2 aliphatic heterocycles. The van der Waals surface area contributed by atoms with E-state index < -0.39 is 0 Å². The summed E-state index contributed by atoms with van der Waals surface area (Å²) in [4.78, 5) is 6.88. The van der Waals surface area contributed by atoms with Crippen LogP contribution in [0.4, 0.5) is 0 Å². The van der Waals surface area contributed by atoms with Crippen molar-refractivity contribution in [3.63, 3.8) is 0 Å². The van der Waals surface area contributed by atoms with E-state index in [2.05, 4.69) is 36.0 Å². The van der Waals surface area contributed by atoms with Crippen LogP contribution in [0.5, 0.6) is 0 Å². The first kappa shape index (κ1) is 24.9. The van der Waals surface area contributed by atoms with E-state index in [0.717, 1.165) is 51.6 Å². The van der Waals surface area contributed by atoms with Gasteiger partial charge >= 0.3 is 0 Å². The summed E-state index contributed by atoms with van der Waals surface area (Å²) in [5.74, 6) is 2.13. The van der Waals surface area contributed by atoms with Gasteiger partial charge in [-0.15, -0.1) is 24.0 Å². The summed E-state index contributed by atoms with van der Waals surface area (Å²) in [5, 5.41) is 3.62. The number of rotatable bonds is 7. The van der Waals surface area contributed by atoms with Gasteiger partial charge in [-0.05, 0) is 24.7 Å². The third kappa shape index (κ3) is 8.03. The van der Waals surface area contributed by atoms with Crippen LogP contribution < -0.4 is 5.32 Å². The van der Waals surface area contributed by atoms with Gasteiger partial charge < -0.3 is 24.4 Å². The van der Waals surface area contributed by atoms with Crippen LogP contribution in [0.3, 0.4) is 0 Å². The fourth-order valence-electron chi connectivity index (χ4n) is 4.12. The number of methoxy groups -OCH3 is 1. The van der Waals surface area contributed by atoms with Crippen molar-refractivity contribution in [3.05, 3.63) is 0 Å². The first-order valence-corrected chi connectivity index (χ1v) is 10.1. The van der Waals surface area contributed by atoms with E-state index >= 15 is 0 Å². The molecule has 7 heteroatoms. The van der Waals surface area contributed by atoms with Crippen LogP contribution in [0, 0.1) is 17.3 Å². The molecule has 0 spiro atoms. The normalized spacial score (nSPS) is 26.8. The van der Waals surface area contributed by atoms with Crippen LogP contribution in [-0.4, -0.2) is 77.2 Å². The minimum Gasteiger partial charge on any atom is -0.382 e. The Hall–Kier alpha value is -0.120. The van der Waals surface area contributed by atoms with E-state index in [-0.39, 0.29) is 29.4 Å². The van der Waals surface area contributed by atoms with Gasteiger partial charge in [-0.25, -0.2) is 0 Å². The highest BCUT2D eigenvalue weighted by Gasteiger charge is 2.35. The van der Waals surface area contributed by atoms with Gasteiger partial charge in [-0.1, -0.05) is 20.8 Å². The first-order chi connectivity index (χ1) is 12.5. The second-order valence-corrected chi connectivity index (χ2v) is 8.66. The van der Waals surface area contributed by atoms with Crippen molar-refractivity contribution in [2.24, 2.45) is 22.2 Å². The Morgan fingerprint density at radius 2 is 2.04 bits per heavy atom. The summed E-state index contributed by atoms with van der Waals surface area (Å²) in [6.07, 6.45) is 3.84. The molecule has 0 bridgehead atoms. The fourth-order valence-corrected chi connectivity index (χ4v) is 4.12. The maximum atomic E-state index is 6.11. The number of halogens is 1. The minimum atomic E-state index is 0. The molecule has 0 radical (unpaired) electrons. The lowest BCUT2D eigenvalue weighted by Gasteiger charge is -2.40. The van der Waals surface area contributed by atoms with Crippen LogP contribution in [0.1, 0.15) is 40.0 Å². The lowest BCUT2D eigenvalue weighted by atomic mass is 9.78. The lowest BCUT2D eigenvalue weighted by Crippen LogP contribution is -2.48. The number of hydrogen-bond acceptors (Lipinski definition) is 4. The van der Waals surface area contributed by atoms with E-state index in [1.54, 1.807) is 7.11 Å². The molecule has 0 saturated carbocycles. The molecule has 0 amide bonds. The zero-order valence-corrected chi connectivity index (χ0v) is 20.2. The highest BCUT2D eigenvalue weighted by molar-refractivity contribution is 14.0. The average molecular weight is 497 g/mol. The van der Waals surface area contributed by atoms with Crippen molar-refractivity contribution < 1.29 is 14.2 Å². The predicted octanol–water partition coefficient (Wildman–Crippen LogP) is 3.01. The Bertz CT molecular complexity index is 443. The van der Waals surface area contributed by atoms with Gasteiger partial charge in [0.2, 0.25) is 0 Å². The van der Waals surface area contributed by atoms with E-state index in [1.165, 1.54) is 6.42 Å². The maximum absolute atomic E-state index is 6.11. The minimum absolute atomic E-state index is 0. The van der Waals surface area contributed by atoms with Gasteiger partial charge in [0.15, 0.2) is 5.96 Å². The number of nitrogens with one attached hydrogen (secondary N) is 1. The van der Waals surface area contributed by atoms with Crippen molar-refractivity contribution in [3.8, 4) is 0 Å². The van der Waals surface area contributed by atoms with E-state index in [1.807, 2.05) is 7.05 Å². The number of likely N-dealkylation sites (tertiary alicyclic amines) is 1. The van der Waals surface area contributed by atoms with Gasteiger partial charge in [-0.3, -0.25) is 4.99 Å². The number of hydrogen-bond donors (Lipinski definition) is 1. The summed E-state index contributed by atoms with van der Waals surface area (Å²) < 4.78 is 16.8. The summed E-state index contributed by atoms with van der Waals surface area (Å²) >= 11 is 0. The van der Waals surface area contributed by atoms with E-state index in [9.17, 15) is 0 Å². The highest BCUT2D eigenvalue weighted by atomic mass is 127. The molecule has 2 aliphatic rings. The van der Waals surface area contributed by atoms with Crippen molar-refractivity contribution in [1.29, 1.82) is 0 Å². The molecular weight excluding hydrogens is 457 g/mol. The average Bonchev–Trinajstić information content (AvgIpc) is 3.07. The number of aliphatic imine (C=N–C) groups is 1. The second-order valence-electron chi connectivity index (χ2n) is 8.66.